The van der Waals surface area contributed by atoms with Crippen LogP contribution in [-0.4, -0.2) is 28.3 Å². The van der Waals surface area contributed by atoms with E-state index in [-0.39, 0.29) is 23.8 Å². The molecular weight excluding hydrogens is 304 g/mol. The smallest absolute Gasteiger partial charge is 0.251 e. The minimum absolute atomic E-state index is 0.0771. The van der Waals surface area contributed by atoms with E-state index in [1.807, 2.05) is 6.07 Å². The van der Waals surface area contributed by atoms with Gasteiger partial charge in [0.15, 0.2) is 0 Å². The van der Waals surface area contributed by atoms with E-state index in [1.54, 1.807) is 30.5 Å². The molecule has 126 valence electrons. The molecule has 1 aromatic carbocycles. The number of nitrogens with one attached hydrogen (secondary N) is 2. The zero-order chi connectivity index (χ0) is 17.6. The first-order chi connectivity index (χ1) is 11.4. The second-order valence-corrected chi connectivity index (χ2v) is 6.47. The highest BCUT2D eigenvalue weighted by Crippen LogP contribution is 2.22. The Hall–Kier alpha value is -2.76. The molecule has 0 atom stereocenters. The summed E-state index contributed by atoms with van der Waals surface area (Å²) in [7, 11) is 0. The first-order valence-electron chi connectivity index (χ1n) is 7.77. The number of rotatable bonds is 5. The minimum atomic E-state index is -0.274. The zero-order valence-corrected chi connectivity index (χ0v) is 14.2. The van der Waals surface area contributed by atoms with Gasteiger partial charge in [-0.15, -0.1) is 0 Å². The van der Waals surface area contributed by atoms with E-state index in [0.717, 1.165) is 11.3 Å². The molecule has 6 heteroatoms. The van der Waals surface area contributed by atoms with Gasteiger partial charge in [0, 0.05) is 29.3 Å². The number of carbonyl (C=O) groups is 2. The van der Waals surface area contributed by atoms with E-state index in [9.17, 15) is 9.59 Å². The summed E-state index contributed by atoms with van der Waals surface area (Å²) in [6.45, 7) is 6.42. The van der Waals surface area contributed by atoms with Gasteiger partial charge in [0.25, 0.3) is 5.91 Å². The molecule has 0 unspecified atom stereocenters. The van der Waals surface area contributed by atoms with Crippen LogP contribution in [0.4, 0.5) is 0 Å². The van der Waals surface area contributed by atoms with Crippen molar-refractivity contribution in [2.45, 2.75) is 32.7 Å². The second kappa shape index (κ2) is 7.68. The Labute approximate surface area is 141 Å². The van der Waals surface area contributed by atoms with E-state index in [2.05, 4.69) is 41.4 Å². The summed E-state index contributed by atoms with van der Waals surface area (Å²) in [5.41, 5.74) is 2.15. The van der Waals surface area contributed by atoms with Crippen molar-refractivity contribution in [1.29, 1.82) is 0 Å². The lowest BCUT2D eigenvalue weighted by Crippen LogP contribution is -2.37. The van der Waals surface area contributed by atoms with E-state index < -0.39 is 0 Å². The lowest BCUT2D eigenvalue weighted by Gasteiger charge is -2.21. The summed E-state index contributed by atoms with van der Waals surface area (Å²) >= 11 is 0. The topological polar surface area (TPSA) is 84.0 Å². The molecule has 1 aromatic heterocycles. The maximum atomic E-state index is 11.9. The Kier molecular flexibility index (Phi) is 5.63. The Morgan fingerprint density at radius 1 is 1.08 bits per heavy atom. The third-order valence-electron chi connectivity index (χ3n) is 3.42. The van der Waals surface area contributed by atoms with Gasteiger partial charge in [-0.25, -0.2) is 9.97 Å². The average molecular weight is 326 g/mol. The van der Waals surface area contributed by atoms with Crippen molar-refractivity contribution in [2.75, 3.05) is 6.54 Å². The van der Waals surface area contributed by atoms with Crippen molar-refractivity contribution in [3.05, 3.63) is 59.7 Å². The molecule has 0 fully saturated rings. The Morgan fingerprint density at radius 2 is 1.79 bits per heavy atom. The molecule has 6 nitrogen and oxygen atoms in total. The lowest BCUT2D eigenvalue weighted by molar-refractivity contribution is -0.120. The number of amides is 2. The van der Waals surface area contributed by atoms with Gasteiger partial charge >= 0.3 is 0 Å². The zero-order valence-electron chi connectivity index (χ0n) is 14.2. The van der Waals surface area contributed by atoms with Gasteiger partial charge in [-0.1, -0.05) is 39.0 Å². The molecule has 0 saturated carbocycles. The van der Waals surface area contributed by atoms with Crippen LogP contribution in [0.5, 0.6) is 0 Å². The maximum Gasteiger partial charge on any atom is 0.251 e. The van der Waals surface area contributed by atoms with E-state index in [4.69, 9.17) is 0 Å². The fraction of sp³-hybridized carbons (Fsp3) is 0.333. The normalized spacial score (nSPS) is 11.0. The molecule has 0 bridgehead atoms. The first-order valence-corrected chi connectivity index (χ1v) is 7.77. The van der Waals surface area contributed by atoms with Crippen LogP contribution < -0.4 is 10.6 Å². The highest BCUT2D eigenvalue weighted by atomic mass is 16.2. The highest BCUT2D eigenvalue weighted by Gasteiger charge is 2.19. The predicted molar refractivity (Wildman–Crippen MR) is 91.4 cm³/mol. The van der Waals surface area contributed by atoms with Gasteiger partial charge in [-0.05, 0) is 12.1 Å². The molecule has 2 amide bonds. The lowest BCUT2D eigenvalue weighted by atomic mass is 9.89. The van der Waals surface area contributed by atoms with Crippen LogP contribution in [0.15, 0.2) is 42.9 Å². The van der Waals surface area contributed by atoms with Gasteiger partial charge in [-0.3, -0.25) is 9.59 Å². The number of hydrogen-bond acceptors (Lipinski definition) is 4. The van der Waals surface area contributed by atoms with E-state index in [0.29, 0.717) is 12.1 Å². The van der Waals surface area contributed by atoms with Gasteiger partial charge in [0.2, 0.25) is 5.91 Å². The molecule has 0 saturated heterocycles. The van der Waals surface area contributed by atoms with Crippen molar-refractivity contribution in [3.63, 3.8) is 0 Å². The summed E-state index contributed by atoms with van der Waals surface area (Å²) in [5.74, 6) is -0.535. The molecule has 0 aliphatic heterocycles. The van der Waals surface area contributed by atoms with E-state index >= 15 is 0 Å². The quantitative estimate of drug-likeness (QED) is 0.878. The monoisotopic (exact) mass is 326 g/mol. The first kappa shape index (κ1) is 17.6. The van der Waals surface area contributed by atoms with Crippen LogP contribution in [0.3, 0.4) is 0 Å². The van der Waals surface area contributed by atoms with E-state index in [1.165, 1.54) is 6.33 Å². The number of nitrogens with zero attached hydrogens (tertiary/aromatic N) is 2. The van der Waals surface area contributed by atoms with Crippen LogP contribution in [-0.2, 0) is 16.8 Å². The van der Waals surface area contributed by atoms with Crippen molar-refractivity contribution >= 4 is 11.8 Å². The standard InChI is InChI=1S/C18H22N4O2/c1-18(2,3)16-14(9-19-12-22-16)10-20-15(23)11-21-17(24)13-7-5-4-6-8-13/h4-9,12H,10-11H2,1-3H3,(H,20,23)(H,21,24). The summed E-state index contributed by atoms with van der Waals surface area (Å²) < 4.78 is 0. The van der Waals surface area contributed by atoms with Crippen LogP contribution in [0.1, 0.15) is 42.4 Å². The third-order valence-corrected chi connectivity index (χ3v) is 3.42. The van der Waals surface area contributed by atoms with Crippen LogP contribution in [0.25, 0.3) is 0 Å². The Balaban J connectivity index is 1.87. The third kappa shape index (κ3) is 4.87. The molecule has 0 radical (unpaired) electrons. The highest BCUT2D eigenvalue weighted by molar-refractivity contribution is 5.96. The van der Waals surface area contributed by atoms with Gasteiger partial charge < -0.3 is 10.6 Å². The molecule has 0 spiro atoms. The summed E-state index contributed by atoms with van der Waals surface area (Å²) in [4.78, 5) is 32.2. The Bertz CT molecular complexity index is 708. The van der Waals surface area contributed by atoms with Crippen molar-refractivity contribution in [2.24, 2.45) is 0 Å². The van der Waals surface area contributed by atoms with Gasteiger partial charge in [0.1, 0.15) is 6.33 Å². The number of aromatic nitrogens is 2. The van der Waals surface area contributed by atoms with Crippen molar-refractivity contribution < 1.29 is 9.59 Å². The Morgan fingerprint density at radius 3 is 2.46 bits per heavy atom. The minimum Gasteiger partial charge on any atom is -0.350 e. The fourth-order valence-corrected chi connectivity index (χ4v) is 2.27. The van der Waals surface area contributed by atoms with Crippen molar-refractivity contribution in [3.8, 4) is 0 Å². The molecule has 2 N–H and O–H groups in total. The van der Waals surface area contributed by atoms with Gasteiger partial charge in [0.05, 0.1) is 12.2 Å². The number of benzene rings is 1. The van der Waals surface area contributed by atoms with Crippen LogP contribution in [0.2, 0.25) is 0 Å². The molecule has 0 aliphatic carbocycles. The number of carbonyl (C=O) groups excluding carboxylic acids is 2. The maximum absolute atomic E-state index is 11.9. The molecule has 0 aliphatic rings. The van der Waals surface area contributed by atoms with Crippen molar-refractivity contribution in [1.82, 2.24) is 20.6 Å². The second-order valence-electron chi connectivity index (χ2n) is 6.47. The van der Waals surface area contributed by atoms with Crippen LogP contribution >= 0.6 is 0 Å². The number of hydrogen-bond donors (Lipinski definition) is 2. The predicted octanol–water partition coefficient (Wildman–Crippen LogP) is 1.82. The fourth-order valence-electron chi connectivity index (χ4n) is 2.27. The summed E-state index contributed by atoms with van der Waals surface area (Å²) in [5, 5.41) is 5.38. The summed E-state index contributed by atoms with van der Waals surface area (Å²) in [6.07, 6.45) is 3.21. The van der Waals surface area contributed by atoms with Crippen LogP contribution in [0, 0.1) is 0 Å². The molecular formula is C18H22N4O2. The molecule has 24 heavy (non-hydrogen) atoms. The molecule has 2 rings (SSSR count). The van der Waals surface area contributed by atoms with Gasteiger partial charge in [-0.2, -0.15) is 0 Å². The largest absolute Gasteiger partial charge is 0.350 e. The average Bonchev–Trinajstić information content (AvgIpc) is 2.58. The molecule has 2 aromatic rings. The SMILES string of the molecule is CC(C)(C)c1ncncc1CNC(=O)CNC(=O)c1ccccc1. The molecule has 1 heterocycles. The summed E-state index contributed by atoms with van der Waals surface area (Å²) in [6, 6.07) is 8.78.